The zero-order chi connectivity index (χ0) is 16.3. The summed E-state index contributed by atoms with van der Waals surface area (Å²) < 4.78 is 0. The lowest BCUT2D eigenvalue weighted by Gasteiger charge is -2.37. The number of nitrogens with zero attached hydrogens (tertiary/aromatic N) is 2. The largest absolute Gasteiger partial charge is 0.339 e. The molecule has 4 nitrogen and oxygen atoms in total. The molecule has 1 aliphatic heterocycles. The van der Waals surface area contributed by atoms with E-state index in [9.17, 15) is 9.59 Å². The van der Waals surface area contributed by atoms with Crippen molar-refractivity contribution in [1.29, 1.82) is 0 Å². The van der Waals surface area contributed by atoms with Crippen molar-refractivity contribution in [3.63, 3.8) is 0 Å². The summed E-state index contributed by atoms with van der Waals surface area (Å²) in [4.78, 5) is 28.3. The van der Waals surface area contributed by atoms with Gasteiger partial charge in [0.1, 0.15) is 0 Å². The highest BCUT2D eigenvalue weighted by Crippen LogP contribution is 2.20. The molecule has 1 aliphatic rings. The van der Waals surface area contributed by atoms with Gasteiger partial charge in [0.05, 0.1) is 6.42 Å². The fourth-order valence-corrected chi connectivity index (χ4v) is 2.75. The standard InChI is InChI=1S/C17H23ClN2O2/c1-17(2,3)16(22)20-10-8-19(9-11-20)15(21)12-13-6-4-5-7-14(13)18/h4-7H,8-12H2,1-3H3. The zero-order valence-corrected chi connectivity index (χ0v) is 14.2. The summed E-state index contributed by atoms with van der Waals surface area (Å²) in [6.07, 6.45) is 0.312. The highest BCUT2D eigenvalue weighted by atomic mass is 35.5. The smallest absolute Gasteiger partial charge is 0.228 e. The number of piperazine rings is 1. The molecule has 1 fully saturated rings. The Hall–Kier alpha value is -1.55. The maximum Gasteiger partial charge on any atom is 0.228 e. The minimum absolute atomic E-state index is 0.0657. The monoisotopic (exact) mass is 322 g/mol. The van der Waals surface area contributed by atoms with Crippen molar-refractivity contribution in [3.8, 4) is 0 Å². The first-order valence-corrected chi connectivity index (χ1v) is 7.97. The second-order valence-electron chi connectivity index (χ2n) is 6.69. The van der Waals surface area contributed by atoms with Crippen LogP contribution in [0.15, 0.2) is 24.3 Å². The quantitative estimate of drug-likeness (QED) is 0.839. The molecular formula is C17H23ClN2O2. The van der Waals surface area contributed by atoms with Crippen LogP contribution in [0.1, 0.15) is 26.3 Å². The number of amides is 2. The molecule has 120 valence electrons. The molecule has 1 aromatic rings. The minimum Gasteiger partial charge on any atom is -0.339 e. The van der Waals surface area contributed by atoms with Crippen LogP contribution in [-0.2, 0) is 16.0 Å². The molecule has 0 saturated carbocycles. The van der Waals surface area contributed by atoms with Crippen LogP contribution in [0.5, 0.6) is 0 Å². The van der Waals surface area contributed by atoms with Gasteiger partial charge in [-0.15, -0.1) is 0 Å². The van der Waals surface area contributed by atoms with Gasteiger partial charge in [0, 0.05) is 36.6 Å². The predicted octanol–water partition coefficient (Wildman–Crippen LogP) is 2.60. The van der Waals surface area contributed by atoms with Crippen molar-refractivity contribution in [1.82, 2.24) is 9.80 Å². The van der Waals surface area contributed by atoms with E-state index in [1.165, 1.54) is 0 Å². The number of carbonyl (C=O) groups is 2. The Kier molecular flexibility index (Phi) is 5.12. The van der Waals surface area contributed by atoms with Gasteiger partial charge in [-0.3, -0.25) is 9.59 Å². The van der Waals surface area contributed by atoms with Crippen molar-refractivity contribution in [2.24, 2.45) is 5.41 Å². The first-order valence-electron chi connectivity index (χ1n) is 7.59. The van der Waals surface area contributed by atoms with Crippen LogP contribution >= 0.6 is 11.6 Å². The van der Waals surface area contributed by atoms with E-state index in [2.05, 4.69) is 0 Å². The Morgan fingerprint density at radius 2 is 1.59 bits per heavy atom. The summed E-state index contributed by atoms with van der Waals surface area (Å²) in [5.41, 5.74) is 0.478. The molecule has 0 N–H and O–H groups in total. The van der Waals surface area contributed by atoms with Crippen LogP contribution in [0.3, 0.4) is 0 Å². The number of carbonyl (C=O) groups excluding carboxylic acids is 2. The van der Waals surface area contributed by atoms with Gasteiger partial charge >= 0.3 is 0 Å². The first kappa shape index (κ1) is 16.8. The molecule has 22 heavy (non-hydrogen) atoms. The van der Waals surface area contributed by atoms with Crippen molar-refractivity contribution in [3.05, 3.63) is 34.9 Å². The van der Waals surface area contributed by atoms with Gasteiger partial charge in [-0.05, 0) is 11.6 Å². The third-order valence-electron chi connectivity index (χ3n) is 3.86. The lowest BCUT2D eigenvalue weighted by atomic mass is 9.94. The Bertz CT molecular complexity index is 558. The molecule has 0 spiro atoms. The maximum absolute atomic E-state index is 12.4. The number of halogens is 1. The molecule has 0 aromatic heterocycles. The second-order valence-corrected chi connectivity index (χ2v) is 7.10. The molecule has 5 heteroatoms. The molecule has 0 aliphatic carbocycles. The predicted molar refractivity (Wildman–Crippen MR) is 87.8 cm³/mol. The van der Waals surface area contributed by atoms with E-state index in [0.717, 1.165) is 5.56 Å². The third kappa shape index (κ3) is 4.01. The molecule has 1 heterocycles. The maximum atomic E-state index is 12.4. The molecule has 1 saturated heterocycles. The Morgan fingerprint density at radius 3 is 2.14 bits per heavy atom. The number of hydrogen-bond acceptors (Lipinski definition) is 2. The van der Waals surface area contributed by atoms with Gasteiger partial charge in [-0.2, -0.15) is 0 Å². The average Bonchev–Trinajstić information content (AvgIpc) is 2.48. The van der Waals surface area contributed by atoms with Crippen LogP contribution in [0, 0.1) is 5.41 Å². The summed E-state index contributed by atoms with van der Waals surface area (Å²) in [5.74, 6) is 0.210. The zero-order valence-electron chi connectivity index (χ0n) is 13.4. The lowest BCUT2D eigenvalue weighted by molar-refractivity contribution is -0.144. The molecule has 0 bridgehead atoms. The summed E-state index contributed by atoms with van der Waals surface area (Å²) in [7, 11) is 0. The van der Waals surface area contributed by atoms with Gasteiger partial charge < -0.3 is 9.80 Å². The Balaban J connectivity index is 1.90. The average molecular weight is 323 g/mol. The van der Waals surface area contributed by atoms with Gasteiger partial charge in [-0.25, -0.2) is 0 Å². The Morgan fingerprint density at radius 1 is 1.05 bits per heavy atom. The van der Waals surface area contributed by atoms with Crippen LogP contribution in [0.2, 0.25) is 5.02 Å². The fourth-order valence-electron chi connectivity index (χ4n) is 2.55. The van der Waals surface area contributed by atoms with Gasteiger partial charge in [0.2, 0.25) is 11.8 Å². The molecular weight excluding hydrogens is 300 g/mol. The molecule has 0 radical (unpaired) electrons. The lowest BCUT2D eigenvalue weighted by Crippen LogP contribution is -2.53. The fraction of sp³-hybridized carbons (Fsp3) is 0.529. The van der Waals surface area contributed by atoms with Gasteiger partial charge in [-0.1, -0.05) is 50.6 Å². The normalized spacial score (nSPS) is 15.8. The number of benzene rings is 1. The van der Waals surface area contributed by atoms with Crippen molar-refractivity contribution < 1.29 is 9.59 Å². The summed E-state index contributed by atoms with van der Waals surface area (Å²) in [5, 5.41) is 0.623. The van der Waals surface area contributed by atoms with E-state index in [4.69, 9.17) is 11.6 Å². The van der Waals surface area contributed by atoms with Gasteiger partial charge in [0.25, 0.3) is 0 Å². The number of rotatable bonds is 2. The highest BCUT2D eigenvalue weighted by molar-refractivity contribution is 6.31. The molecule has 0 unspecified atom stereocenters. The van der Waals surface area contributed by atoms with E-state index in [0.29, 0.717) is 37.6 Å². The van der Waals surface area contributed by atoms with Crippen LogP contribution in [0.4, 0.5) is 0 Å². The van der Waals surface area contributed by atoms with Crippen molar-refractivity contribution >= 4 is 23.4 Å². The topological polar surface area (TPSA) is 40.6 Å². The Labute approximate surface area is 137 Å². The van der Waals surface area contributed by atoms with Crippen molar-refractivity contribution in [2.75, 3.05) is 26.2 Å². The number of hydrogen-bond donors (Lipinski definition) is 0. The minimum atomic E-state index is -0.371. The summed E-state index contributed by atoms with van der Waals surface area (Å²) >= 11 is 6.10. The van der Waals surface area contributed by atoms with Crippen LogP contribution < -0.4 is 0 Å². The molecule has 1 aromatic carbocycles. The van der Waals surface area contributed by atoms with E-state index in [-0.39, 0.29) is 17.2 Å². The SMILES string of the molecule is CC(C)(C)C(=O)N1CCN(C(=O)Cc2ccccc2Cl)CC1. The van der Waals surface area contributed by atoms with Gasteiger partial charge in [0.15, 0.2) is 0 Å². The van der Waals surface area contributed by atoms with E-state index >= 15 is 0 Å². The van der Waals surface area contributed by atoms with Crippen molar-refractivity contribution in [2.45, 2.75) is 27.2 Å². The summed E-state index contributed by atoms with van der Waals surface area (Å²) in [6, 6.07) is 7.41. The summed E-state index contributed by atoms with van der Waals surface area (Å²) in [6.45, 7) is 8.14. The first-order chi connectivity index (χ1) is 10.3. The van der Waals surface area contributed by atoms with E-state index < -0.39 is 0 Å². The highest BCUT2D eigenvalue weighted by Gasteiger charge is 2.30. The third-order valence-corrected chi connectivity index (χ3v) is 4.23. The van der Waals surface area contributed by atoms with Crippen LogP contribution in [0.25, 0.3) is 0 Å². The molecule has 2 rings (SSSR count). The second kappa shape index (κ2) is 6.69. The van der Waals surface area contributed by atoms with E-state index in [1.807, 2.05) is 48.8 Å². The molecule has 2 amide bonds. The van der Waals surface area contributed by atoms with E-state index in [1.54, 1.807) is 6.07 Å². The molecule has 0 atom stereocenters. The van der Waals surface area contributed by atoms with Crippen LogP contribution in [-0.4, -0.2) is 47.8 Å².